The molecule has 0 fully saturated rings. The molecule has 0 radical (unpaired) electrons. The summed E-state index contributed by atoms with van der Waals surface area (Å²) in [5.41, 5.74) is 0.324. The number of hydrogen-bond acceptors (Lipinski definition) is 5. The summed E-state index contributed by atoms with van der Waals surface area (Å²) in [6, 6.07) is 9.62. The summed E-state index contributed by atoms with van der Waals surface area (Å²) in [5.74, 6) is -0.400. The molecule has 1 amide bonds. The molecule has 174 valence electrons. The first-order valence-electron chi connectivity index (χ1n) is 9.75. The van der Waals surface area contributed by atoms with E-state index in [1.54, 1.807) is 20.0 Å². The van der Waals surface area contributed by atoms with Crippen molar-refractivity contribution in [3.8, 4) is 5.75 Å². The number of amides is 1. The van der Waals surface area contributed by atoms with Gasteiger partial charge in [0.2, 0.25) is 0 Å². The van der Waals surface area contributed by atoms with Gasteiger partial charge in [0, 0.05) is 12.7 Å². The fraction of sp³-hybridized carbons (Fsp3) is 0.238. The first-order chi connectivity index (χ1) is 15.5. The van der Waals surface area contributed by atoms with E-state index in [9.17, 15) is 26.4 Å². The number of rotatable bonds is 3. The Balaban J connectivity index is 1.67. The summed E-state index contributed by atoms with van der Waals surface area (Å²) in [7, 11) is -2.58. The van der Waals surface area contributed by atoms with Crippen LogP contribution in [0.15, 0.2) is 53.4 Å². The van der Waals surface area contributed by atoms with Gasteiger partial charge in [0.25, 0.3) is 15.9 Å². The zero-order valence-corrected chi connectivity index (χ0v) is 18.4. The number of carbonyl (C=O) groups excluding carboxylic acids is 1. The number of nitrogens with one attached hydrogen (secondary N) is 1. The molecule has 1 aliphatic rings. The molecule has 0 saturated carbocycles. The van der Waals surface area contributed by atoms with Crippen LogP contribution in [-0.4, -0.2) is 37.3 Å². The smallest absolute Gasteiger partial charge is 0.416 e. The second kappa shape index (κ2) is 8.10. The van der Waals surface area contributed by atoms with Crippen molar-refractivity contribution in [2.75, 3.05) is 22.8 Å². The lowest BCUT2D eigenvalue weighted by molar-refractivity contribution is -0.137. The van der Waals surface area contributed by atoms with Crippen molar-refractivity contribution in [3.63, 3.8) is 0 Å². The average Bonchev–Trinajstić information content (AvgIpc) is 3.02. The summed E-state index contributed by atoms with van der Waals surface area (Å²) in [4.78, 5) is 12.4. The summed E-state index contributed by atoms with van der Waals surface area (Å²) in [5, 5.41) is 6.74. The Kier molecular flexibility index (Phi) is 5.56. The molecule has 0 atom stereocenters. The molecule has 1 aromatic heterocycles. The molecular weight excluding hydrogens is 461 g/mol. The number of aromatic nitrogens is 2. The molecule has 0 aliphatic carbocycles. The third-order valence-corrected chi connectivity index (χ3v) is 6.89. The fourth-order valence-corrected chi connectivity index (χ4v) is 5.10. The summed E-state index contributed by atoms with van der Waals surface area (Å²) < 4.78 is 73.3. The lowest BCUT2D eigenvalue weighted by Gasteiger charge is -2.22. The number of anilines is 2. The fourth-order valence-electron chi connectivity index (χ4n) is 3.49. The quantitative estimate of drug-likeness (QED) is 0.619. The molecule has 33 heavy (non-hydrogen) atoms. The topological polar surface area (TPSA) is 93.5 Å². The first-order valence-corrected chi connectivity index (χ1v) is 11.2. The van der Waals surface area contributed by atoms with E-state index in [4.69, 9.17) is 4.74 Å². The number of alkyl halides is 3. The normalized spacial score (nSPS) is 15.4. The van der Waals surface area contributed by atoms with Crippen molar-refractivity contribution in [3.05, 3.63) is 65.5 Å². The van der Waals surface area contributed by atoms with E-state index in [1.165, 1.54) is 22.9 Å². The highest BCUT2D eigenvalue weighted by Gasteiger charge is 2.34. The number of sulfonamides is 1. The van der Waals surface area contributed by atoms with Crippen molar-refractivity contribution in [2.45, 2.75) is 18.0 Å². The van der Waals surface area contributed by atoms with Gasteiger partial charge in [0.05, 0.1) is 23.5 Å². The van der Waals surface area contributed by atoms with E-state index in [0.29, 0.717) is 5.69 Å². The Morgan fingerprint density at radius 2 is 1.82 bits per heavy atom. The molecule has 0 unspecified atom stereocenters. The lowest BCUT2D eigenvalue weighted by Crippen LogP contribution is -2.32. The van der Waals surface area contributed by atoms with Crippen molar-refractivity contribution >= 4 is 27.3 Å². The van der Waals surface area contributed by atoms with Crippen LogP contribution in [0.25, 0.3) is 0 Å². The molecule has 8 nitrogen and oxygen atoms in total. The number of aryl methyl sites for hydroxylation is 2. The van der Waals surface area contributed by atoms with Gasteiger partial charge in [0.1, 0.15) is 22.9 Å². The van der Waals surface area contributed by atoms with Crippen LogP contribution in [0, 0.1) is 6.92 Å². The maximum Gasteiger partial charge on any atom is 0.416 e. The van der Waals surface area contributed by atoms with Crippen molar-refractivity contribution in [1.82, 2.24) is 9.78 Å². The second-order valence-electron chi connectivity index (χ2n) is 7.38. The third kappa shape index (κ3) is 4.38. The number of fused-ring (bicyclic) bond motifs is 1. The number of nitrogens with zero attached hydrogens (tertiary/aromatic N) is 3. The molecule has 0 spiro atoms. The summed E-state index contributed by atoms with van der Waals surface area (Å²) in [6.07, 6.45) is -4.54. The number of halogens is 3. The standard InChI is InChI=1S/C21H19F3N4O4S/c1-13-11-17(27(2)26-13)20(29)25-15-5-8-18-19(12-15)33(30,31)28(9-10-32-18)16-6-3-14(4-7-16)21(22,23)24/h3-8,11-12H,9-10H2,1-2H3,(H,25,29). The average molecular weight is 480 g/mol. The highest BCUT2D eigenvalue weighted by atomic mass is 32.2. The van der Waals surface area contributed by atoms with Gasteiger partial charge in [-0.05, 0) is 55.5 Å². The summed E-state index contributed by atoms with van der Waals surface area (Å²) in [6.45, 7) is 1.63. The van der Waals surface area contributed by atoms with Crippen LogP contribution in [0.1, 0.15) is 21.7 Å². The molecule has 1 aliphatic heterocycles. The maximum absolute atomic E-state index is 13.4. The monoisotopic (exact) mass is 480 g/mol. The predicted octanol–water partition coefficient (Wildman–Crippen LogP) is 3.59. The second-order valence-corrected chi connectivity index (χ2v) is 9.21. The molecule has 3 aromatic rings. The van der Waals surface area contributed by atoms with Crippen LogP contribution in [0.3, 0.4) is 0 Å². The van der Waals surface area contributed by atoms with Gasteiger partial charge in [-0.25, -0.2) is 8.42 Å². The van der Waals surface area contributed by atoms with Crippen LogP contribution < -0.4 is 14.4 Å². The number of benzene rings is 2. The zero-order valence-electron chi connectivity index (χ0n) is 17.5. The number of ether oxygens (including phenoxy) is 1. The minimum absolute atomic E-state index is 0.00669. The highest BCUT2D eigenvalue weighted by Crippen LogP contribution is 2.36. The zero-order chi connectivity index (χ0) is 24.0. The third-order valence-electron chi connectivity index (χ3n) is 5.04. The van der Waals surface area contributed by atoms with E-state index in [0.717, 1.165) is 28.6 Å². The predicted molar refractivity (Wildman–Crippen MR) is 114 cm³/mol. The number of hydrogen-bond donors (Lipinski definition) is 1. The minimum Gasteiger partial charge on any atom is -0.490 e. The first kappa shape index (κ1) is 22.6. The molecule has 2 aromatic carbocycles. The molecule has 0 bridgehead atoms. The molecular formula is C21H19F3N4O4S. The molecule has 4 rings (SSSR count). The van der Waals surface area contributed by atoms with E-state index in [1.807, 2.05) is 0 Å². The Labute approximate surface area is 187 Å². The van der Waals surface area contributed by atoms with Crippen LogP contribution >= 0.6 is 0 Å². The van der Waals surface area contributed by atoms with Crippen LogP contribution in [0.4, 0.5) is 24.5 Å². The molecule has 2 heterocycles. The Hall–Kier alpha value is -3.54. The van der Waals surface area contributed by atoms with Crippen molar-refractivity contribution in [2.24, 2.45) is 7.05 Å². The number of carbonyl (C=O) groups is 1. The van der Waals surface area contributed by atoms with Gasteiger partial charge in [-0.1, -0.05) is 0 Å². The largest absolute Gasteiger partial charge is 0.490 e. The van der Waals surface area contributed by atoms with Crippen molar-refractivity contribution in [1.29, 1.82) is 0 Å². The Morgan fingerprint density at radius 3 is 2.42 bits per heavy atom. The van der Waals surface area contributed by atoms with Crippen LogP contribution in [0.5, 0.6) is 5.75 Å². The van der Waals surface area contributed by atoms with E-state index in [-0.39, 0.29) is 40.9 Å². The minimum atomic E-state index is -4.54. The Morgan fingerprint density at radius 1 is 1.12 bits per heavy atom. The van der Waals surface area contributed by atoms with Gasteiger partial charge in [-0.2, -0.15) is 18.3 Å². The Bertz CT molecular complexity index is 1320. The van der Waals surface area contributed by atoms with Gasteiger partial charge in [-0.3, -0.25) is 13.8 Å². The highest BCUT2D eigenvalue weighted by molar-refractivity contribution is 7.93. The maximum atomic E-state index is 13.4. The van der Waals surface area contributed by atoms with E-state index in [2.05, 4.69) is 10.4 Å². The van der Waals surface area contributed by atoms with Gasteiger partial charge >= 0.3 is 6.18 Å². The van der Waals surface area contributed by atoms with E-state index < -0.39 is 27.7 Å². The van der Waals surface area contributed by atoms with Crippen molar-refractivity contribution < 1.29 is 31.1 Å². The molecule has 12 heteroatoms. The molecule has 1 N–H and O–H groups in total. The van der Waals surface area contributed by atoms with Gasteiger partial charge < -0.3 is 10.1 Å². The van der Waals surface area contributed by atoms with E-state index >= 15 is 0 Å². The van der Waals surface area contributed by atoms with Gasteiger partial charge in [-0.15, -0.1) is 0 Å². The van der Waals surface area contributed by atoms with Crippen LogP contribution in [-0.2, 0) is 23.2 Å². The lowest BCUT2D eigenvalue weighted by atomic mass is 10.2. The SMILES string of the molecule is Cc1cc(C(=O)Nc2ccc3c(c2)S(=O)(=O)N(c2ccc(C(F)(F)F)cc2)CCO3)n(C)n1. The molecule has 0 saturated heterocycles. The van der Waals surface area contributed by atoms with Crippen LogP contribution in [0.2, 0.25) is 0 Å². The van der Waals surface area contributed by atoms with Gasteiger partial charge in [0.15, 0.2) is 0 Å². The summed E-state index contributed by atoms with van der Waals surface area (Å²) >= 11 is 0.